The van der Waals surface area contributed by atoms with E-state index in [1.807, 2.05) is 0 Å². The van der Waals surface area contributed by atoms with Crippen LogP contribution in [0.15, 0.2) is 0 Å². The summed E-state index contributed by atoms with van der Waals surface area (Å²) >= 11 is 0. The zero-order valence-corrected chi connectivity index (χ0v) is 8.43. The summed E-state index contributed by atoms with van der Waals surface area (Å²) in [6.45, 7) is 1.58. The molecule has 90 valence electrons. The lowest BCUT2D eigenvalue weighted by Crippen LogP contribution is -2.49. The van der Waals surface area contributed by atoms with E-state index in [4.69, 9.17) is 10.2 Å². The Hall–Kier alpha value is -1.67. The first-order valence-electron chi connectivity index (χ1n) is 4.50. The maximum atomic E-state index is 11.3. The Balaban J connectivity index is 2.79. The smallest absolute Gasteiger partial charge is 0.377 e. The summed E-state index contributed by atoms with van der Waals surface area (Å²) in [5.41, 5.74) is 0. The van der Waals surface area contributed by atoms with Gasteiger partial charge in [0.1, 0.15) is 0 Å². The van der Waals surface area contributed by atoms with E-state index in [2.05, 4.69) is 14.8 Å². The summed E-state index contributed by atoms with van der Waals surface area (Å²) in [6, 6.07) is 0. The van der Waals surface area contributed by atoms with Gasteiger partial charge in [-0.3, -0.25) is 4.79 Å². The lowest BCUT2D eigenvalue weighted by atomic mass is 10.3. The van der Waals surface area contributed by atoms with E-state index in [-0.39, 0.29) is 0 Å². The fourth-order valence-electron chi connectivity index (χ4n) is 1.19. The molecule has 1 fully saturated rings. The number of aliphatic carboxylic acids is 2. The largest absolute Gasteiger partial charge is 0.477 e. The van der Waals surface area contributed by atoms with E-state index in [0.29, 0.717) is 6.54 Å². The van der Waals surface area contributed by atoms with E-state index in [1.165, 1.54) is 0 Å². The summed E-state index contributed by atoms with van der Waals surface area (Å²) in [5, 5.41) is 19.8. The average Bonchev–Trinajstić information content (AvgIpc) is 2.63. The maximum Gasteiger partial charge on any atom is 0.377 e. The first-order valence-corrected chi connectivity index (χ1v) is 4.50. The molecule has 0 saturated carbocycles. The van der Waals surface area contributed by atoms with Crippen molar-refractivity contribution in [3.8, 4) is 0 Å². The van der Waals surface area contributed by atoms with Crippen LogP contribution < -0.4 is 5.32 Å². The molecule has 0 spiro atoms. The van der Waals surface area contributed by atoms with Crippen LogP contribution in [0.4, 0.5) is 0 Å². The van der Waals surface area contributed by atoms with Gasteiger partial charge in [-0.15, -0.1) is 0 Å². The van der Waals surface area contributed by atoms with Crippen LogP contribution in [0.25, 0.3) is 0 Å². The second-order valence-corrected chi connectivity index (χ2v) is 3.04. The molecule has 0 radical (unpaired) electrons. The number of ether oxygens (including phenoxy) is 2. The van der Waals surface area contributed by atoms with Crippen molar-refractivity contribution in [1.82, 2.24) is 5.32 Å². The van der Waals surface area contributed by atoms with Crippen molar-refractivity contribution in [1.29, 1.82) is 0 Å². The van der Waals surface area contributed by atoms with Crippen molar-refractivity contribution >= 4 is 17.8 Å². The first kappa shape index (κ1) is 12.4. The monoisotopic (exact) mass is 233 g/mol. The zero-order valence-electron chi connectivity index (χ0n) is 8.43. The topological polar surface area (TPSA) is 122 Å². The maximum absolute atomic E-state index is 11.3. The summed E-state index contributed by atoms with van der Waals surface area (Å²) in [5.74, 6) is -6.99. The van der Waals surface area contributed by atoms with Crippen molar-refractivity contribution in [3.05, 3.63) is 0 Å². The number of carboxylic acids is 2. The molecule has 1 unspecified atom stereocenters. The molecule has 1 amide bonds. The third-order valence-electron chi connectivity index (χ3n) is 1.95. The molecule has 3 N–H and O–H groups in total. The van der Waals surface area contributed by atoms with E-state index in [1.54, 1.807) is 6.92 Å². The number of nitrogens with one attached hydrogen (secondary N) is 1. The van der Waals surface area contributed by atoms with Crippen molar-refractivity contribution < 1.29 is 34.1 Å². The van der Waals surface area contributed by atoms with Crippen LogP contribution in [-0.4, -0.2) is 53.1 Å². The van der Waals surface area contributed by atoms with Crippen LogP contribution in [0.3, 0.4) is 0 Å². The van der Waals surface area contributed by atoms with Gasteiger partial charge in [0.05, 0.1) is 6.61 Å². The van der Waals surface area contributed by atoms with Gasteiger partial charge in [-0.1, -0.05) is 0 Å². The highest BCUT2D eigenvalue weighted by Gasteiger charge is 2.57. The molecule has 0 aromatic heterocycles. The quantitative estimate of drug-likeness (QED) is 0.500. The van der Waals surface area contributed by atoms with E-state index < -0.39 is 36.3 Å². The molecule has 0 aromatic rings. The lowest BCUT2D eigenvalue weighted by Gasteiger charge is -2.17. The van der Waals surface area contributed by atoms with Crippen LogP contribution in [0.5, 0.6) is 0 Å². The third-order valence-corrected chi connectivity index (χ3v) is 1.95. The third kappa shape index (κ3) is 1.97. The predicted molar refractivity (Wildman–Crippen MR) is 47.5 cm³/mol. The minimum absolute atomic E-state index is 0.325. The summed E-state index contributed by atoms with van der Waals surface area (Å²) < 4.78 is 9.21. The Bertz CT molecular complexity index is 312. The van der Waals surface area contributed by atoms with Crippen LogP contribution >= 0.6 is 0 Å². The summed E-state index contributed by atoms with van der Waals surface area (Å²) in [4.78, 5) is 32.7. The second kappa shape index (κ2) is 4.45. The second-order valence-electron chi connectivity index (χ2n) is 3.04. The highest BCUT2D eigenvalue weighted by Crippen LogP contribution is 2.24. The molecule has 16 heavy (non-hydrogen) atoms. The van der Waals surface area contributed by atoms with Gasteiger partial charge in [-0.05, 0) is 6.92 Å². The van der Waals surface area contributed by atoms with Crippen LogP contribution in [0, 0.1) is 0 Å². The van der Waals surface area contributed by atoms with Gasteiger partial charge in [0.2, 0.25) is 0 Å². The fraction of sp³-hybridized carbons (Fsp3) is 0.625. The number of carbonyl (C=O) groups excluding carboxylic acids is 1. The Morgan fingerprint density at radius 3 is 2.31 bits per heavy atom. The average molecular weight is 233 g/mol. The van der Waals surface area contributed by atoms with Crippen LogP contribution in [0.2, 0.25) is 0 Å². The van der Waals surface area contributed by atoms with Gasteiger partial charge in [0.25, 0.3) is 5.91 Å². The van der Waals surface area contributed by atoms with Crippen molar-refractivity contribution in [2.75, 3.05) is 13.2 Å². The van der Waals surface area contributed by atoms with Gasteiger partial charge >= 0.3 is 17.7 Å². The number of hydrogen-bond donors (Lipinski definition) is 3. The number of carboxylic acid groups (broad SMARTS) is 2. The number of amides is 1. The molecule has 8 heteroatoms. The highest BCUT2D eigenvalue weighted by atomic mass is 16.8. The normalized spacial score (nSPS) is 22.7. The highest BCUT2D eigenvalue weighted by molar-refractivity contribution is 6.01. The molecule has 0 aliphatic carbocycles. The van der Waals surface area contributed by atoms with Gasteiger partial charge in [-0.2, -0.15) is 0 Å². The Kier molecular flexibility index (Phi) is 3.45. The molecule has 0 aromatic carbocycles. The van der Waals surface area contributed by atoms with Crippen molar-refractivity contribution in [2.24, 2.45) is 0 Å². The summed E-state index contributed by atoms with van der Waals surface area (Å²) in [6.07, 6.45) is -1.23. The van der Waals surface area contributed by atoms with Gasteiger partial charge in [0, 0.05) is 6.54 Å². The molecule has 0 bridgehead atoms. The molecular formula is C8H11NO7. The molecule has 1 aliphatic rings. The van der Waals surface area contributed by atoms with Crippen molar-refractivity contribution in [3.63, 3.8) is 0 Å². The van der Waals surface area contributed by atoms with Gasteiger partial charge < -0.3 is 25.0 Å². The molecule has 1 aliphatic heterocycles. The standard InChI is InChI=1S/C8H11NO7/c1-2-9-5(10)4-3-15-8(16-4,6(11)12)7(13)14/h4H,2-3H2,1H3,(H,9,10)(H,11,12)(H,13,14). The van der Waals surface area contributed by atoms with Crippen LogP contribution in [-0.2, 0) is 23.9 Å². The summed E-state index contributed by atoms with van der Waals surface area (Å²) in [7, 11) is 0. The first-order chi connectivity index (χ1) is 7.44. The van der Waals surface area contributed by atoms with Crippen molar-refractivity contribution in [2.45, 2.75) is 18.8 Å². The predicted octanol–water partition coefficient (Wildman–Crippen LogP) is -1.60. The lowest BCUT2D eigenvalue weighted by molar-refractivity contribution is -0.217. The van der Waals surface area contributed by atoms with E-state index in [0.717, 1.165) is 0 Å². The van der Waals surface area contributed by atoms with Crippen LogP contribution in [0.1, 0.15) is 6.92 Å². The SMILES string of the molecule is CCNC(=O)C1COC(C(=O)O)(C(=O)O)O1. The van der Waals surface area contributed by atoms with E-state index >= 15 is 0 Å². The van der Waals surface area contributed by atoms with Gasteiger partial charge in [-0.25, -0.2) is 9.59 Å². The minimum Gasteiger partial charge on any atom is -0.477 e. The number of rotatable bonds is 4. The minimum atomic E-state index is -2.78. The molecule has 1 saturated heterocycles. The Labute approximate surface area is 90.1 Å². The van der Waals surface area contributed by atoms with E-state index in [9.17, 15) is 14.4 Å². The fourth-order valence-corrected chi connectivity index (χ4v) is 1.19. The number of likely N-dealkylation sites (N-methyl/N-ethyl adjacent to an activating group) is 1. The number of hydrogen-bond acceptors (Lipinski definition) is 5. The molecular weight excluding hydrogens is 222 g/mol. The zero-order chi connectivity index (χ0) is 12.3. The molecule has 1 heterocycles. The Morgan fingerprint density at radius 2 is 1.94 bits per heavy atom. The number of carbonyl (C=O) groups is 3. The Morgan fingerprint density at radius 1 is 1.38 bits per heavy atom. The van der Waals surface area contributed by atoms with Gasteiger partial charge in [0.15, 0.2) is 6.10 Å². The molecule has 8 nitrogen and oxygen atoms in total. The molecule has 1 rings (SSSR count). The molecule has 1 atom stereocenters.